The normalized spacial score (nSPS) is 21.0. The quantitative estimate of drug-likeness (QED) is 0.0215. The molecule has 0 aliphatic carbocycles. The second-order valence-electron chi connectivity index (χ2n) is 19.3. The number of aliphatic hydroxyl groups excluding tert-OH is 7. The molecule has 1 saturated heterocycles. The van der Waals surface area contributed by atoms with Crippen molar-refractivity contribution in [3.63, 3.8) is 0 Å². The molecule has 1 heterocycles. The molecule has 11 heteroatoms. The predicted octanol–water partition coefficient (Wildman–Crippen LogP) is 10.9. The van der Waals surface area contributed by atoms with Crippen LogP contribution in [0.25, 0.3) is 0 Å². The van der Waals surface area contributed by atoms with Gasteiger partial charge in [-0.05, 0) is 89.9 Å². The Morgan fingerprint density at radius 3 is 1.36 bits per heavy atom. The van der Waals surface area contributed by atoms with E-state index < -0.39 is 74.2 Å². The highest BCUT2D eigenvalue weighted by atomic mass is 16.7. The van der Waals surface area contributed by atoms with Crippen molar-refractivity contribution in [3.05, 3.63) is 48.6 Å². The number of rotatable bonds is 46. The summed E-state index contributed by atoms with van der Waals surface area (Å²) in [7, 11) is 0. The largest absolute Gasteiger partial charge is 0.394 e. The van der Waals surface area contributed by atoms with E-state index in [0.717, 1.165) is 57.8 Å². The molecule has 0 bridgehead atoms. The SMILES string of the molecule is CCCCC/C=C\CCCCCCC(O)C(=O)NC(COC1OC(CO)C(O)C(O)C1O)C(O)C(O)CCC/C=C/CC/C=C/CC/C=C/CCCCCCCCCCCCCCCCCC. The van der Waals surface area contributed by atoms with Gasteiger partial charge in [0.05, 0.1) is 25.4 Å². The van der Waals surface area contributed by atoms with E-state index in [9.17, 15) is 40.5 Å². The van der Waals surface area contributed by atoms with E-state index >= 15 is 0 Å². The number of allylic oxidation sites excluding steroid dienone is 8. The first kappa shape index (κ1) is 63.1. The van der Waals surface area contributed by atoms with Gasteiger partial charge in [-0.1, -0.05) is 191 Å². The smallest absolute Gasteiger partial charge is 0.249 e. The van der Waals surface area contributed by atoms with Gasteiger partial charge in [0.25, 0.3) is 0 Å². The van der Waals surface area contributed by atoms with Crippen LogP contribution in [0.3, 0.4) is 0 Å². The number of carbonyl (C=O) groups is 1. The van der Waals surface area contributed by atoms with Crippen LogP contribution < -0.4 is 5.32 Å². The summed E-state index contributed by atoms with van der Waals surface area (Å²) in [6, 6.07) is -1.20. The summed E-state index contributed by atoms with van der Waals surface area (Å²) in [5, 5.41) is 75.8. The van der Waals surface area contributed by atoms with E-state index in [1.807, 2.05) is 0 Å². The van der Waals surface area contributed by atoms with E-state index in [4.69, 9.17) is 9.47 Å². The summed E-state index contributed by atoms with van der Waals surface area (Å²) in [6.07, 6.45) is 44.8. The van der Waals surface area contributed by atoms with E-state index in [0.29, 0.717) is 19.3 Å². The zero-order valence-electron chi connectivity index (χ0n) is 42.6. The zero-order valence-corrected chi connectivity index (χ0v) is 42.6. The topological polar surface area (TPSA) is 189 Å². The first-order chi connectivity index (χ1) is 32.7. The lowest BCUT2D eigenvalue weighted by molar-refractivity contribution is -0.303. The van der Waals surface area contributed by atoms with E-state index in [-0.39, 0.29) is 12.8 Å². The highest BCUT2D eigenvalue weighted by Crippen LogP contribution is 2.23. The van der Waals surface area contributed by atoms with Gasteiger partial charge in [0, 0.05) is 0 Å². The van der Waals surface area contributed by atoms with Crippen molar-refractivity contribution >= 4 is 5.91 Å². The second-order valence-corrected chi connectivity index (χ2v) is 19.3. The van der Waals surface area contributed by atoms with Gasteiger partial charge in [0.2, 0.25) is 5.91 Å². The van der Waals surface area contributed by atoms with Gasteiger partial charge in [-0.3, -0.25) is 4.79 Å². The number of carbonyl (C=O) groups excluding carboxylic acids is 1. The van der Waals surface area contributed by atoms with Crippen LogP contribution in [0.2, 0.25) is 0 Å². The zero-order chi connectivity index (χ0) is 49.0. The number of aliphatic hydroxyl groups is 7. The van der Waals surface area contributed by atoms with Crippen molar-refractivity contribution in [1.82, 2.24) is 5.32 Å². The minimum atomic E-state index is -1.67. The van der Waals surface area contributed by atoms with Gasteiger partial charge in [0.15, 0.2) is 6.29 Å². The molecule has 1 aliphatic heterocycles. The van der Waals surface area contributed by atoms with Gasteiger partial charge in [-0.15, -0.1) is 0 Å². The Morgan fingerprint density at radius 1 is 0.507 bits per heavy atom. The second kappa shape index (κ2) is 45.2. The van der Waals surface area contributed by atoms with Crippen LogP contribution in [0.1, 0.15) is 232 Å². The summed E-state index contributed by atoms with van der Waals surface area (Å²) in [5.74, 6) is -0.724. The molecule has 0 aromatic heterocycles. The molecule has 8 N–H and O–H groups in total. The number of hydrogen-bond donors (Lipinski definition) is 8. The Kier molecular flexibility index (Phi) is 42.6. The average molecular weight is 950 g/mol. The fraction of sp³-hybridized carbons (Fsp3) is 0.839. The van der Waals surface area contributed by atoms with Crippen molar-refractivity contribution in [1.29, 1.82) is 0 Å². The molecule has 392 valence electrons. The van der Waals surface area contributed by atoms with Crippen LogP contribution in [0.4, 0.5) is 0 Å². The average Bonchev–Trinajstić information content (AvgIpc) is 3.33. The molecule has 0 aromatic rings. The van der Waals surface area contributed by atoms with Crippen LogP contribution in [0.5, 0.6) is 0 Å². The third kappa shape index (κ3) is 34.1. The molecule has 11 nitrogen and oxygen atoms in total. The molecular formula is C56H103NO10. The molecule has 1 amide bonds. The third-order valence-corrected chi connectivity index (χ3v) is 13.1. The maximum absolute atomic E-state index is 13.1. The monoisotopic (exact) mass is 950 g/mol. The number of unbranched alkanes of at least 4 members (excludes halogenated alkanes) is 26. The van der Waals surface area contributed by atoms with E-state index in [1.54, 1.807) is 0 Å². The summed E-state index contributed by atoms with van der Waals surface area (Å²) in [4.78, 5) is 13.1. The maximum atomic E-state index is 13.1. The first-order valence-corrected chi connectivity index (χ1v) is 27.5. The number of hydrogen-bond acceptors (Lipinski definition) is 10. The van der Waals surface area contributed by atoms with Gasteiger partial charge in [0.1, 0.15) is 36.6 Å². The van der Waals surface area contributed by atoms with Crippen molar-refractivity contribution < 1.29 is 50.0 Å². The van der Waals surface area contributed by atoms with Gasteiger partial charge < -0.3 is 50.5 Å². The minimum Gasteiger partial charge on any atom is -0.394 e. The van der Waals surface area contributed by atoms with Crippen LogP contribution in [0, 0.1) is 0 Å². The summed E-state index contributed by atoms with van der Waals surface area (Å²) < 4.78 is 11.1. The Bertz CT molecular complexity index is 1230. The number of amides is 1. The van der Waals surface area contributed by atoms with Crippen molar-refractivity contribution in [2.24, 2.45) is 0 Å². The Morgan fingerprint density at radius 2 is 0.896 bits per heavy atom. The lowest BCUT2D eigenvalue weighted by atomic mass is 9.98. The Balaban J connectivity index is 2.31. The molecule has 67 heavy (non-hydrogen) atoms. The van der Waals surface area contributed by atoms with Crippen molar-refractivity contribution in [2.45, 2.75) is 287 Å². The van der Waals surface area contributed by atoms with Gasteiger partial charge in [-0.2, -0.15) is 0 Å². The Labute approximate surface area is 409 Å². The Hall–Kier alpha value is -1.93. The van der Waals surface area contributed by atoms with Crippen molar-refractivity contribution in [2.75, 3.05) is 13.2 Å². The van der Waals surface area contributed by atoms with E-state index in [1.165, 1.54) is 128 Å². The molecule has 0 aromatic carbocycles. The molecular weight excluding hydrogens is 847 g/mol. The molecule has 0 radical (unpaired) electrons. The van der Waals surface area contributed by atoms with Gasteiger partial charge >= 0.3 is 0 Å². The van der Waals surface area contributed by atoms with Gasteiger partial charge in [-0.25, -0.2) is 0 Å². The molecule has 1 fully saturated rings. The number of ether oxygens (including phenoxy) is 2. The molecule has 1 aliphatic rings. The van der Waals surface area contributed by atoms with Crippen LogP contribution >= 0.6 is 0 Å². The van der Waals surface area contributed by atoms with E-state index in [2.05, 4.69) is 67.8 Å². The summed E-state index contributed by atoms with van der Waals surface area (Å²) in [6.45, 7) is 3.39. The molecule has 0 spiro atoms. The highest BCUT2D eigenvalue weighted by molar-refractivity contribution is 5.80. The fourth-order valence-electron chi connectivity index (χ4n) is 8.53. The first-order valence-electron chi connectivity index (χ1n) is 27.5. The maximum Gasteiger partial charge on any atom is 0.249 e. The standard InChI is InChI=1S/C56H103NO10/c1-3-5-7-9-11-13-15-16-17-18-19-20-21-22-23-24-25-26-27-28-29-30-31-32-34-35-37-39-41-43-48(59)51(61)47(46-66-56-54(64)53(63)52(62)50(45-58)67-56)57-55(65)49(60)44-42-40-38-36-33-14-12-10-8-6-4-2/h12,14,26-27,30-31,35,37,47-54,56,58-64H,3-11,13,15-25,28-29,32-34,36,38-46H2,1-2H3,(H,57,65)/b14-12-,27-26+,31-30+,37-35+. The lowest BCUT2D eigenvalue weighted by Gasteiger charge is -2.40. The van der Waals surface area contributed by atoms with Crippen LogP contribution in [-0.2, 0) is 14.3 Å². The van der Waals surface area contributed by atoms with Crippen LogP contribution in [0.15, 0.2) is 48.6 Å². The van der Waals surface area contributed by atoms with Crippen LogP contribution in [-0.4, -0.2) is 110 Å². The molecule has 9 unspecified atom stereocenters. The lowest BCUT2D eigenvalue weighted by Crippen LogP contribution is -2.60. The summed E-state index contributed by atoms with van der Waals surface area (Å²) in [5.41, 5.74) is 0. The third-order valence-electron chi connectivity index (χ3n) is 13.1. The molecule has 1 rings (SSSR count). The predicted molar refractivity (Wildman–Crippen MR) is 275 cm³/mol. The highest BCUT2D eigenvalue weighted by Gasteiger charge is 2.44. The molecule has 0 saturated carbocycles. The van der Waals surface area contributed by atoms with Crippen molar-refractivity contribution in [3.8, 4) is 0 Å². The number of nitrogens with one attached hydrogen (secondary N) is 1. The fourth-order valence-corrected chi connectivity index (χ4v) is 8.53. The minimum absolute atomic E-state index is 0.233. The summed E-state index contributed by atoms with van der Waals surface area (Å²) >= 11 is 0. The molecule has 9 atom stereocenters.